The van der Waals surface area contributed by atoms with Gasteiger partial charge in [-0.1, -0.05) is 0 Å². The lowest BCUT2D eigenvalue weighted by Gasteiger charge is -2.32. The lowest BCUT2D eigenvalue weighted by atomic mass is 9.93. The second-order valence-electron chi connectivity index (χ2n) is 5.46. The largest absolute Gasteiger partial charge is 0.469 e. The summed E-state index contributed by atoms with van der Waals surface area (Å²) in [6.45, 7) is 1.57. The van der Waals surface area contributed by atoms with Crippen molar-refractivity contribution in [1.82, 2.24) is 14.7 Å². The van der Waals surface area contributed by atoms with Crippen molar-refractivity contribution in [3.63, 3.8) is 0 Å². The average Bonchev–Trinajstić information content (AvgIpc) is 2.93. The molecule has 1 saturated heterocycles. The lowest BCUT2D eigenvalue weighted by molar-refractivity contribution is -0.141. The lowest BCUT2D eigenvalue weighted by Crippen LogP contribution is -2.38. The molecule has 0 spiro atoms. The number of hydrogen-bond acceptors (Lipinski definition) is 4. The monoisotopic (exact) mass is 293 g/mol. The minimum absolute atomic E-state index is 0.141. The van der Waals surface area contributed by atoms with Crippen LogP contribution < -0.4 is 0 Å². The van der Waals surface area contributed by atoms with Crippen molar-refractivity contribution in [3.05, 3.63) is 18.0 Å². The minimum Gasteiger partial charge on any atom is -0.469 e. The molecule has 0 radical (unpaired) electrons. The van der Waals surface area contributed by atoms with Gasteiger partial charge in [0.25, 0.3) is 0 Å². The standard InChI is InChI=1S/C15H23N3O3/c1-17-13(6-9-16-17)12-7-10-18(11-8-12)14(19)4-3-5-15(20)21-2/h6,9,12H,3-5,7-8,10-11H2,1-2H3. The van der Waals surface area contributed by atoms with Crippen LogP contribution in [0.25, 0.3) is 0 Å². The Bertz CT molecular complexity index is 490. The van der Waals surface area contributed by atoms with E-state index in [1.54, 1.807) is 0 Å². The van der Waals surface area contributed by atoms with Crippen molar-refractivity contribution in [2.75, 3.05) is 20.2 Å². The summed E-state index contributed by atoms with van der Waals surface area (Å²) < 4.78 is 6.49. The maximum atomic E-state index is 12.1. The van der Waals surface area contributed by atoms with Gasteiger partial charge in [0.05, 0.1) is 7.11 Å². The van der Waals surface area contributed by atoms with Crippen molar-refractivity contribution in [1.29, 1.82) is 0 Å². The normalized spacial score (nSPS) is 16.0. The Hall–Kier alpha value is -1.85. The molecule has 6 heteroatoms. The van der Waals surface area contributed by atoms with Crippen molar-refractivity contribution in [3.8, 4) is 0 Å². The molecule has 1 aromatic heterocycles. The van der Waals surface area contributed by atoms with Gasteiger partial charge in [-0.3, -0.25) is 14.3 Å². The van der Waals surface area contributed by atoms with Crippen LogP contribution in [0.1, 0.15) is 43.7 Å². The summed E-state index contributed by atoms with van der Waals surface area (Å²) in [6, 6.07) is 2.05. The second-order valence-corrected chi connectivity index (χ2v) is 5.46. The first kappa shape index (κ1) is 15.5. The smallest absolute Gasteiger partial charge is 0.305 e. The SMILES string of the molecule is COC(=O)CCCC(=O)N1CCC(c2ccnn2C)CC1. The number of esters is 1. The summed E-state index contributed by atoms with van der Waals surface area (Å²) in [6.07, 6.45) is 5.07. The van der Waals surface area contributed by atoms with Crippen LogP contribution in [0.5, 0.6) is 0 Å². The molecule has 0 N–H and O–H groups in total. The summed E-state index contributed by atoms with van der Waals surface area (Å²) in [5, 5.41) is 4.20. The third kappa shape index (κ3) is 4.06. The molecule has 21 heavy (non-hydrogen) atoms. The van der Waals surface area contributed by atoms with Crippen molar-refractivity contribution < 1.29 is 14.3 Å². The highest BCUT2D eigenvalue weighted by molar-refractivity contribution is 5.77. The predicted molar refractivity (Wildman–Crippen MR) is 77.6 cm³/mol. The molecule has 1 aromatic rings. The molecule has 1 aliphatic heterocycles. The quantitative estimate of drug-likeness (QED) is 0.771. The van der Waals surface area contributed by atoms with Gasteiger partial charge in [-0.2, -0.15) is 5.10 Å². The van der Waals surface area contributed by atoms with E-state index in [2.05, 4.69) is 15.9 Å². The van der Waals surface area contributed by atoms with Crippen molar-refractivity contribution >= 4 is 11.9 Å². The fourth-order valence-electron chi connectivity index (χ4n) is 2.85. The molecular formula is C15H23N3O3. The van der Waals surface area contributed by atoms with Crippen LogP contribution in [0, 0.1) is 0 Å². The fourth-order valence-corrected chi connectivity index (χ4v) is 2.85. The third-order valence-corrected chi connectivity index (χ3v) is 4.12. The van der Waals surface area contributed by atoms with E-state index in [4.69, 9.17) is 0 Å². The van der Waals surface area contributed by atoms with Crippen LogP contribution in [0.2, 0.25) is 0 Å². The van der Waals surface area contributed by atoms with Gasteiger partial charge in [-0.05, 0) is 25.3 Å². The molecular weight excluding hydrogens is 270 g/mol. The van der Waals surface area contributed by atoms with E-state index >= 15 is 0 Å². The van der Waals surface area contributed by atoms with E-state index in [9.17, 15) is 9.59 Å². The van der Waals surface area contributed by atoms with Gasteiger partial charge in [-0.25, -0.2) is 0 Å². The minimum atomic E-state index is -0.252. The highest BCUT2D eigenvalue weighted by atomic mass is 16.5. The van der Waals surface area contributed by atoms with E-state index in [1.165, 1.54) is 12.8 Å². The van der Waals surface area contributed by atoms with E-state index in [-0.39, 0.29) is 11.9 Å². The number of likely N-dealkylation sites (tertiary alicyclic amines) is 1. The number of nitrogens with zero attached hydrogens (tertiary/aromatic N) is 3. The first-order valence-electron chi connectivity index (χ1n) is 7.44. The van der Waals surface area contributed by atoms with Gasteiger partial charge >= 0.3 is 5.97 Å². The molecule has 0 bridgehead atoms. The van der Waals surface area contributed by atoms with Gasteiger partial charge in [0.2, 0.25) is 5.91 Å². The molecule has 2 rings (SSSR count). The number of carbonyl (C=O) groups excluding carboxylic acids is 2. The molecule has 0 aliphatic carbocycles. The zero-order chi connectivity index (χ0) is 15.2. The molecule has 0 saturated carbocycles. The molecule has 0 unspecified atom stereocenters. The third-order valence-electron chi connectivity index (χ3n) is 4.12. The molecule has 116 valence electrons. The Labute approximate surface area is 125 Å². The number of aromatic nitrogens is 2. The summed E-state index contributed by atoms with van der Waals surface area (Å²) in [4.78, 5) is 25.0. The number of ether oxygens (including phenoxy) is 1. The van der Waals surface area contributed by atoms with E-state index < -0.39 is 0 Å². The summed E-state index contributed by atoms with van der Waals surface area (Å²) >= 11 is 0. The Balaban J connectivity index is 1.74. The maximum Gasteiger partial charge on any atom is 0.305 e. The first-order chi connectivity index (χ1) is 10.1. The number of methoxy groups -OCH3 is 1. The highest BCUT2D eigenvalue weighted by Crippen LogP contribution is 2.27. The second kappa shape index (κ2) is 7.24. The molecule has 0 aromatic carbocycles. The maximum absolute atomic E-state index is 12.1. The van der Waals surface area contributed by atoms with Crippen LogP contribution in [-0.2, 0) is 21.4 Å². The van der Waals surface area contributed by atoms with Gasteiger partial charge in [0, 0.05) is 50.8 Å². The summed E-state index contributed by atoms with van der Waals surface area (Å²) in [5.74, 6) is 0.372. The molecule has 2 heterocycles. The topological polar surface area (TPSA) is 64.4 Å². The summed E-state index contributed by atoms with van der Waals surface area (Å²) in [5.41, 5.74) is 1.24. The van der Waals surface area contributed by atoms with Gasteiger partial charge in [-0.15, -0.1) is 0 Å². The predicted octanol–water partition coefficient (Wildman–Crippen LogP) is 1.47. The fraction of sp³-hybridized carbons (Fsp3) is 0.667. The highest BCUT2D eigenvalue weighted by Gasteiger charge is 2.25. The Morgan fingerprint density at radius 1 is 1.33 bits per heavy atom. The van der Waals surface area contributed by atoms with Crippen LogP contribution >= 0.6 is 0 Å². The Morgan fingerprint density at radius 2 is 2.05 bits per heavy atom. The van der Waals surface area contributed by atoms with Gasteiger partial charge in [0.15, 0.2) is 0 Å². The summed E-state index contributed by atoms with van der Waals surface area (Å²) in [7, 11) is 3.33. The van der Waals surface area contributed by atoms with Crippen molar-refractivity contribution in [2.45, 2.75) is 38.0 Å². The Morgan fingerprint density at radius 3 is 2.62 bits per heavy atom. The number of rotatable bonds is 5. The molecule has 0 atom stereocenters. The van der Waals surface area contributed by atoms with E-state index in [0.717, 1.165) is 25.9 Å². The van der Waals surface area contributed by atoms with Gasteiger partial charge < -0.3 is 9.64 Å². The van der Waals surface area contributed by atoms with Crippen LogP contribution in [0.3, 0.4) is 0 Å². The average molecular weight is 293 g/mol. The number of amides is 1. The number of carbonyl (C=O) groups is 2. The van der Waals surface area contributed by atoms with E-state index in [1.807, 2.05) is 22.8 Å². The number of hydrogen-bond donors (Lipinski definition) is 0. The first-order valence-corrected chi connectivity index (χ1v) is 7.44. The molecule has 1 fully saturated rings. The van der Waals surface area contributed by atoms with E-state index in [0.29, 0.717) is 25.2 Å². The van der Waals surface area contributed by atoms with Crippen LogP contribution in [0.4, 0.5) is 0 Å². The number of piperidine rings is 1. The van der Waals surface area contributed by atoms with Gasteiger partial charge in [0.1, 0.15) is 0 Å². The zero-order valence-corrected chi connectivity index (χ0v) is 12.7. The van der Waals surface area contributed by atoms with Crippen LogP contribution in [0.15, 0.2) is 12.3 Å². The van der Waals surface area contributed by atoms with Crippen molar-refractivity contribution in [2.24, 2.45) is 7.05 Å². The molecule has 1 aliphatic rings. The Kier molecular flexibility index (Phi) is 5.36. The zero-order valence-electron chi connectivity index (χ0n) is 12.7. The molecule has 1 amide bonds. The molecule has 6 nitrogen and oxygen atoms in total. The van der Waals surface area contributed by atoms with Crippen LogP contribution in [-0.4, -0.2) is 46.8 Å². The number of aryl methyl sites for hydroxylation is 1.